The lowest BCUT2D eigenvalue weighted by atomic mass is 10.1. The van der Waals surface area contributed by atoms with Crippen LogP contribution in [0.25, 0.3) is 0 Å². The van der Waals surface area contributed by atoms with Gasteiger partial charge in [-0.25, -0.2) is 0 Å². The van der Waals surface area contributed by atoms with Gasteiger partial charge in [-0.2, -0.15) is 0 Å². The van der Waals surface area contributed by atoms with Crippen LogP contribution in [0.15, 0.2) is 24.3 Å². The first-order valence-corrected chi connectivity index (χ1v) is 7.25. The number of hydrogen-bond donors (Lipinski definition) is 1. The first-order valence-electron chi connectivity index (χ1n) is 6.87. The van der Waals surface area contributed by atoms with Crippen molar-refractivity contribution < 1.29 is 9.90 Å². The molecule has 19 heavy (non-hydrogen) atoms. The molecular weight excluding hydrogens is 262 g/mol. The van der Waals surface area contributed by atoms with Crippen LogP contribution in [0.3, 0.4) is 0 Å². The molecule has 3 rings (SSSR count). The van der Waals surface area contributed by atoms with Gasteiger partial charge in [0.15, 0.2) is 0 Å². The van der Waals surface area contributed by atoms with Crippen LogP contribution in [0.4, 0.5) is 0 Å². The van der Waals surface area contributed by atoms with Crippen molar-refractivity contribution in [3.05, 3.63) is 34.9 Å². The van der Waals surface area contributed by atoms with Crippen molar-refractivity contribution in [3.63, 3.8) is 0 Å². The minimum Gasteiger partial charge on any atom is -0.394 e. The summed E-state index contributed by atoms with van der Waals surface area (Å²) in [6, 6.07) is 7.81. The molecule has 1 aromatic carbocycles. The quantitative estimate of drug-likeness (QED) is 0.923. The van der Waals surface area contributed by atoms with Gasteiger partial charge >= 0.3 is 0 Å². The van der Waals surface area contributed by atoms with Crippen LogP contribution in [-0.2, 0) is 4.79 Å². The molecule has 1 saturated heterocycles. The smallest absolute Gasteiger partial charge is 0.226 e. The van der Waals surface area contributed by atoms with E-state index < -0.39 is 0 Å². The number of rotatable bonds is 3. The third-order valence-corrected chi connectivity index (χ3v) is 4.53. The van der Waals surface area contributed by atoms with Crippen LogP contribution in [0.5, 0.6) is 0 Å². The predicted octanol–water partition coefficient (Wildman–Crippen LogP) is 2.43. The summed E-state index contributed by atoms with van der Waals surface area (Å²) in [6.07, 6.45) is 2.87. The van der Waals surface area contributed by atoms with E-state index in [0.29, 0.717) is 5.92 Å². The van der Waals surface area contributed by atoms with Gasteiger partial charge in [-0.1, -0.05) is 23.7 Å². The van der Waals surface area contributed by atoms with Gasteiger partial charge in [-0.3, -0.25) is 4.79 Å². The van der Waals surface area contributed by atoms with Crippen molar-refractivity contribution in [1.29, 1.82) is 0 Å². The number of nitrogens with zero attached hydrogens (tertiary/aromatic N) is 1. The molecule has 102 valence electrons. The summed E-state index contributed by atoms with van der Waals surface area (Å²) in [5.74, 6) is 0.662. The van der Waals surface area contributed by atoms with E-state index in [1.807, 2.05) is 29.2 Å². The highest BCUT2D eigenvalue weighted by Crippen LogP contribution is 2.49. The third-order valence-electron chi connectivity index (χ3n) is 4.28. The molecule has 1 amide bonds. The molecule has 0 radical (unpaired) electrons. The molecule has 1 heterocycles. The zero-order valence-electron chi connectivity index (χ0n) is 10.8. The summed E-state index contributed by atoms with van der Waals surface area (Å²) < 4.78 is 0. The van der Waals surface area contributed by atoms with Crippen molar-refractivity contribution >= 4 is 17.5 Å². The summed E-state index contributed by atoms with van der Waals surface area (Å²) in [4.78, 5) is 14.3. The summed E-state index contributed by atoms with van der Waals surface area (Å²) in [7, 11) is 0. The predicted molar refractivity (Wildman–Crippen MR) is 74.1 cm³/mol. The number of carbonyl (C=O) groups excluding carboxylic acids is 1. The lowest BCUT2D eigenvalue weighted by Gasteiger charge is -2.23. The van der Waals surface area contributed by atoms with Gasteiger partial charge in [-0.15, -0.1) is 0 Å². The Bertz CT molecular complexity index is 474. The molecule has 1 aliphatic heterocycles. The molecule has 4 heteroatoms. The number of hydrogen-bond acceptors (Lipinski definition) is 2. The molecular formula is C15H18ClNO2. The first kappa shape index (κ1) is 12.9. The normalized spacial score (nSPS) is 29.6. The minimum atomic E-state index is 0.0407. The van der Waals surface area contributed by atoms with Crippen molar-refractivity contribution in [2.75, 3.05) is 13.2 Å². The van der Waals surface area contributed by atoms with E-state index in [0.717, 1.165) is 30.8 Å². The molecule has 0 bridgehead atoms. The first-order chi connectivity index (χ1) is 9.20. The SMILES string of the molecule is O=C(C1CC1c1ccc(Cl)cc1)N1CCC[C@@H]1CO. The van der Waals surface area contributed by atoms with E-state index in [1.54, 1.807) is 0 Å². The van der Waals surface area contributed by atoms with E-state index in [4.69, 9.17) is 11.6 Å². The Hall–Kier alpha value is -1.06. The third kappa shape index (κ3) is 2.49. The van der Waals surface area contributed by atoms with E-state index >= 15 is 0 Å². The molecule has 0 aromatic heterocycles. The molecule has 1 saturated carbocycles. The van der Waals surface area contributed by atoms with Gasteiger partial charge in [0.25, 0.3) is 0 Å². The Morgan fingerprint density at radius 3 is 2.79 bits per heavy atom. The highest BCUT2D eigenvalue weighted by Gasteiger charge is 2.47. The van der Waals surface area contributed by atoms with Crippen LogP contribution >= 0.6 is 11.6 Å². The van der Waals surface area contributed by atoms with Crippen molar-refractivity contribution in [3.8, 4) is 0 Å². The maximum atomic E-state index is 12.4. The zero-order chi connectivity index (χ0) is 13.4. The second-order valence-electron chi connectivity index (χ2n) is 5.51. The van der Waals surface area contributed by atoms with E-state index in [1.165, 1.54) is 5.56 Å². The second-order valence-corrected chi connectivity index (χ2v) is 5.95. The second kappa shape index (κ2) is 5.14. The molecule has 2 fully saturated rings. The Kier molecular flexibility index (Phi) is 3.50. The fourth-order valence-corrected chi connectivity index (χ4v) is 3.20. The van der Waals surface area contributed by atoms with Crippen LogP contribution in [-0.4, -0.2) is 35.1 Å². The molecule has 1 N–H and O–H groups in total. The summed E-state index contributed by atoms with van der Waals surface area (Å²) >= 11 is 5.87. The van der Waals surface area contributed by atoms with Crippen LogP contribution < -0.4 is 0 Å². The van der Waals surface area contributed by atoms with Crippen LogP contribution in [0.2, 0.25) is 5.02 Å². The van der Waals surface area contributed by atoms with E-state index in [2.05, 4.69) is 0 Å². The Labute approximate surface area is 118 Å². The van der Waals surface area contributed by atoms with Gasteiger partial charge in [-0.05, 0) is 42.9 Å². The van der Waals surface area contributed by atoms with Crippen LogP contribution in [0, 0.1) is 5.92 Å². The number of aliphatic hydroxyl groups is 1. The standard InChI is InChI=1S/C15H18ClNO2/c16-11-5-3-10(4-6-11)13-8-14(13)15(19)17-7-1-2-12(17)9-18/h3-6,12-14,18H,1-2,7-9H2/t12-,13?,14?/m1/s1. The number of aliphatic hydroxyl groups excluding tert-OH is 1. The average Bonchev–Trinajstić information content (AvgIpc) is 3.07. The minimum absolute atomic E-state index is 0.0407. The lowest BCUT2D eigenvalue weighted by Crippen LogP contribution is -2.38. The molecule has 3 nitrogen and oxygen atoms in total. The molecule has 0 spiro atoms. The topological polar surface area (TPSA) is 40.5 Å². The van der Waals surface area contributed by atoms with Gasteiger partial charge in [0.05, 0.1) is 12.6 Å². The molecule has 1 aromatic rings. The van der Waals surface area contributed by atoms with Gasteiger partial charge in [0.1, 0.15) is 0 Å². The molecule has 2 aliphatic rings. The number of likely N-dealkylation sites (tertiary alicyclic amines) is 1. The highest BCUT2D eigenvalue weighted by atomic mass is 35.5. The summed E-state index contributed by atoms with van der Waals surface area (Å²) in [5, 5.41) is 10.0. The number of benzene rings is 1. The Morgan fingerprint density at radius 1 is 1.37 bits per heavy atom. The number of halogens is 1. The average molecular weight is 280 g/mol. The van der Waals surface area contributed by atoms with Gasteiger partial charge in [0.2, 0.25) is 5.91 Å². The fraction of sp³-hybridized carbons (Fsp3) is 0.533. The highest BCUT2D eigenvalue weighted by molar-refractivity contribution is 6.30. The zero-order valence-corrected chi connectivity index (χ0v) is 11.5. The number of amides is 1. The van der Waals surface area contributed by atoms with Crippen LogP contribution in [0.1, 0.15) is 30.7 Å². The van der Waals surface area contributed by atoms with E-state index in [-0.39, 0.29) is 24.5 Å². The van der Waals surface area contributed by atoms with Crippen molar-refractivity contribution in [2.45, 2.75) is 31.2 Å². The molecule has 1 aliphatic carbocycles. The maximum Gasteiger partial charge on any atom is 0.226 e. The molecule has 3 atom stereocenters. The van der Waals surface area contributed by atoms with Crippen molar-refractivity contribution in [1.82, 2.24) is 4.90 Å². The fourth-order valence-electron chi connectivity index (χ4n) is 3.07. The molecule has 2 unspecified atom stereocenters. The van der Waals surface area contributed by atoms with Crippen molar-refractivity contribution in [2.24, 2.45) is 5.92 Å². The Morgan fingerprint density at radius 2 is 2.11 bits per heavy atom. The Balaban J connectivity index is 1.66. The summed E-state index contributed by atoms with van der Waals surface area (Å²) in [6.45, 7) is 0.887. The van der Waals surface area contributed by atoms with Gasteiger partial charge in [0, 0.05) is 17.5 Å². The largest absolute Gasteiger partial charge is 0.394 e. The number of carbonyl (C=O) groups is 1. The van der Waals surface area contributed by atoms with Gasteiger partial charge < -0.3 is 10.0 Å². The lowest BCUT2D eigenvalue weighted by molar-refractivity contribution is -0.134. The van der Waals surface area contributed by atoms with E-state index in [9.17, 15) is 9.90 Å². The maximum absolute atomic E-state index is 12.4. The monoisotopic (exact) mass is 279 g/mol. The summed E-state index contributed by atoms with van der Waals surface area (Å²) in [5.41, 5.74) is 1.20.